The molecule has 1 aromatic carbocycles. The zero-order valence-corrected chi connectivity index (χ0v) is 14.8. The van der Waals surface area contributed by atoms with Crippen LogP contribution in [0.2, 0.25) is 0 Å². The number of nitrogens with zero attached hydrogens (tertiary/aromatic N) is 3. The van der Waals surface area contributed by atoms with Crippen molar-refractivity contribution in [2.45, 2.75) is 51.3 Å². The van der Waals surface area contributed by atoms with Crippen LogP contribution in [0.1, 0.15) is 36.8 Å². The van der Waals surface area contributed by atoms with E-state index in [0.717, 1.165) is 42.5 Å². The largest absolute Gasteiger partial charge is 0.393 e. The molecule has 1 aliphatic heterocycles. The fourth-order valence-electron chi connectivity index (χ4n) is 3.57. The lowest BCUT2D eigenvalue weighted by Crippen LogP contribution is -2.39. The Labute approximate surface area is 152 Å². The van der Waals surface area contributed by atoms with Crippen LogP contribution in [0.15, 0.2) is 30.5 Å². The number of amides is 2. The molecule has 0 spiro atoms. The second kappa shape index (κ2) is 6.92. The van der Waals surface area contributed by atoms with Crippen LogP contribution < -0.4 is 15.5 Å². The number of aliphatic hydroxyl groups excluding tert-OH is 1. The average Bonchev–Trinajstić information content (AvgIpc) is 2.64. The van der Waals surface area contributed by atoms with Crippen molar-refractivity contribution in [3.8, 4) is 0 Å². The molecule has 1 saturated carbocycles. The number of carbonyl (C=O) groups is 1. The number of carbonyl (C=O) groups excluding carboxylic acids is 1. The van der Waals surface area contributed by atoms with E-state index < -0.39 is 0 Å². The van der Waals surface area contributed by atoms with Crippen LogP contribution in [0, 0.1) is 6.92 Å². The van der Waals surface area contributed by atoms with E-state index in [2.05, 4.69) is 20.6 Å². The van der Waals surface area contributed by atoms with Gasteiger partial charge >= 0.3 is 6.03 Å². The highest BCUT2D eigenvalue weighted by Gasteiger charge is 2.27. The molecule has 0 unspecified atom stereocenters. The Morgan fingerprint density at radius 2 is 2.00 bits per heavy atom. The molecular weight excluding hydrogens is 330 g/mol. The molecule has 1 aromatic heterocycles. The minimum atomic E-state index is -0.191. The lowest BCUT2D eigenvalue weighted by molar-refractivity contribution is 0.126. The maximum absolute atomic E-state index is 12.6. The molecule has 136 valence electrons. The van der Waals surface area contributed by atoms with Crippen LogP contribution in [0.3, 0.4) is 0 Å². The standard InChI is InChI=1S/C19H23N5O2/c1-12-4-2-3-5-16(12)24-11-13-10-20-18(22-17(13)23-19(24)26)21-14-6-8-15(25)9-7-14/h2-5,10,14-15,25H,6-9,11H2,1H3,(H2,20,21,22,23,26)/t14-,15-. The zero-order valence-electron chi connectivity index (χ0n) is 14.8. The molecule has 1 aliphatic carbocycles. The summed E-state index contributed by atoms with van der Waals surface area (Å²) >= 11 is 0. The number of benzene rings is 1. The fraction of sp³-hybridized carbons (Fsp3) is 0.421. The summed E-state index contributed by atoms with van der Waals surface area (Å²) in [4.78, 5) is 23.2. The number of hydrogen-bond donors (Lipinski definition) is 3. The van der Waals surface area contributed by atoms with Crippen molar-refractivity contribution in [3.63, 3.8) is 0 Å². The Hall–Kier alpha value is -2.67. The van der Waals surface area contributed by atoms with Gasteiger partial charge in [-0.05, 0) is 44.2 Å². The highest BCUT2D eigenvalue weighted by atomic mass is 16.3. The highest BCUT2D eigenvalue weighted by Crippen LogP contribution is 2.29. The van der Waals surface area contributed by atoms with E-state index in [4.69, 9.17) is 0 Å². The average molecular weight is 353 g/mol. The predicted molar refractivity (Wildman–Crippen MR) is 100 cm³/mol. The van der Waals surface area contributed by atoms with E-state index >= 15 is 0 Å². The molecule has 7 nitrogen and oxygen atoms in total. The van der Waals surface area contributed by atoms with Crippen LogP contribution in [0.25, 0.3) is 0 Å². The van der Waals surface area contributed by atoms with Gasteiger partial charge in [-0.3, -0.25) is 10.2 Å². The van der Waals surface area contributed by atoms with Crippen LogP contribution in [-0.4, -0.2) is 33.3 Å². The van der Waals surface area contributed by atoms with Gasteiger partial charge in [0.1, 0.15) is 5.82 Å². The third-order valence-electron chi connectivity index (χ3n) is 5.10. The van der Waals surface area contributed by atoms with Gasteiger partial charge in [0.15, 0.2) is 0 Å². The molecule has 0 saturated heterocycles. The molecule has 0 atom stereocenters. The number of aliphatic hydroxyl groups is 1. The highest BCUT2D eigenvalue weighted by molar-refractivity contribution is 6.04. The van der Waals surface area contributed by atoms with Crippen LogP contribution in [0.4, 0.5) is 22.2 Å². The van der Waals surface area contributed by atoms with Gasteiger partial charge in [-0.15, -0.1) is 0 Å². The molecule has 2 aliphatic rings. The van der Waals surface area contributed by atoms with Crippen molar-refractivity contribution >= 4 is 23.5 Å². The van der Waals surface area contributed by atoms with Crippen molar-refractivity contribution in [3.05, 3.63) is 41.6 Å². The Balaban J connectivity index is 1.51. The van der Waals surface area contributed by atoms with E-state index in [9.17, 15) is 9.90 Å². The molecule has 0 bridgehead atoms. The van der Waals surface area contributed by atoms with Gasteiger partial charge in [-0.1, -0.05) is 18.2 Å². The number of aryl methyl sites for hydroxylation is 1. The number of para-hydroxylation sites is 1. The molecule has 2 amide bonds. The predicted octanol–water partition coefficient (Wildman–Crippen LogP) is 3.05. The second-order valence-corrected chi connectivity index (χ2v) is 7.02. The number of rotatable bonds is 3. The normalized spacial score (nSPS) is 22.5. The Kier molecular flexibility index (Phi) is 4.46. The molecule has 7 heteroatoms. The van der Waals surface area contributed by atoms with Gasteiger partial charge in [-0.25, -0.2) is 9.78 Å². The number of urea groups is 1. The smallest absolute Gasteiger partial charge is 0.327 e. The number of nitrogens with one attached hydrogen (secondary N) is 2. The van der Waals surface area contributed by atoms with Crippen LogP contribution in [-0.2, 0) is 6.54 Å². The maximum Gasteiger partial charge on any atom is 0.327 e. The Morgan fingerprint density at radius 1 is 1.23 bits per heavy atom. The van der Waals surface area contributed by atoms with Crippen molar-refractivity contribution in [2.24, 2.45) is 0 Å². The Bertz CT molecular complexity index is 817. The van der Waals surface area contributed by atoms with Gasteiger partial charge in [-0.2, -0.15) is 4.98 Å². The minimum Gasteiger partial charge on any atom is -0.393 e. The topological polar surface area (TPSA) is 90.4 Å². The van der Waals surface area contributed by atoms with Gasteiger partial charge in [0.25, 0.3) is 0 Å². The zero-order chi connectivity index (χ0) is 18.1. The third-order valence-corrected chi connectivity index (χ3v) is 5.10. The summed E-state index contributed by atoms with van der Waals surface area (Å²) in [5.41, 5.74) is 2.82. The SMILES string of the molecule is Cc1ccccc1N1Cc2cnc(N[C@H]3CC[C@H](O)CC3)nc2NC1=O. The van der Waals surface area contributed by atoms with Crippen LogP contribution in [0.5, 0.6) is 0 Å². The molecule has 26 heavy (non-hydrogen) atoms. The molecule has 2 aromatic rings. The summed E-state index contributed by atoms with van der Waals surface area (Å²) in [6, 6.07) is 7.89. The quantitative estimate of drug-likeness (QED) is 0.789. The fourth-order valence-corrected chi connectivity index (χ4v) is 3.57. The van der Waals surface area contributed by atoms with Crippen molar-refractivity contribution in [1.29, 1.82) is 0 Å². The maximum atomic E-state index is 12.6. The number of hydrogen-bond acceptors (Lipinski definition) is 5. The van der Waals surface area contributed by atoms with Crippen molar-refractivity contribution in [2.75, 3.05) is 15.5 Å². The monoisotopic (exact) mass is 353 g/mol. The summed E-state index contributed by atoms with van der Waals surface area (Å²) in [5, 5.41) is 15.8. The molecule has 2 heterocycles. The van der Waals surface area contributed by atoms with Crippen molar-refractivity contribution < 1.29 is 9.90 Å². The summed E-state index contributed by atoms with van der Waals surface area (Å²) in [6.07, 6.45) is 4.97. The molecule has 4 rings (SSSR count). The lowest BCUT2D eigenvalue weighted by atomic mass is 9.93. The van der Waals surface area contributed by atoms with E-state index in [0.29, 0.717) is 18.3 Å². The molecule has 0 radical (unpaired) electrons. The summed E-state index contributed by atoms with van der Waals surface area (Å²) in [5.74, 6) is 1.09. The Morgan fingerprint density at radius 3 is 2.77 bits per heavy atom. The first-order valence-electron chi connectivity index (χ1n) is 9.05. The van der Waals surface area contributed by atoms with E-state index in [1.54, 1.807) is 11.1 Å². The third kappa shape index (κ3) is 3.35. The first kappa shape index (κ1) is 16.8. The van der Waals surface area contributed by atoms with E-state index in [1.165, 1.54) is 0 Å². The van der Waals surface area contributed by atoms with Gasteiger partial charge in [0.05, 0.1) is 12.6 Å². The number of fused-ring (bicyclic) bond motifs is 1. The number of aromatic nitrogens is 2. The van der Waals surface area contributed by atoms with Gasteiger partial charge < -0.3 is 10.4 Å². The second-order valence-electron chi connectivity index (χ2n) is 7.02. The summed E-state index contributed by atoms with van der Waals surface area (Å²) < 4.78 is 0. The first-order valence-corrected chi connectivity index (χ1v) is 9.05. The minimum absolute atomic E-state index is 0.183. The molecule has 1 fully saturated rings. The van der Waals surface area contributed by atoms with E-state index in [1.807, 2.05) is 31.2 Å². The lowest BCUT2D eigenvalue weighted by Gasteiger charge is -2.30. The first-order chi connectivity index (χ1) is 12.6. The van der Waals surface area contributed by atoms with Crippen molar-refractivity contribution in [1.82, 2.24) is 9.97 Å². The van der Waals surface area contributed by atoms with Gasteiger partial charge in [0, 0.05) is 23.5 Å². The number of anilines is 3. The molecule has 3 N–H and O–H groups in total. The van der Waals surface area contributed by atoms with Gasteiger partial charge in [0.2, 0.25) is 5.95 Å². The van der Waals surface area contributed by atoms with Crippen LogP contribution >= 0.6 is 0 Å². The molecular formula is C19H23N5O2. The summed E-state index contributed by atoms with van der Waals surface area (Å²) in [7, 11) is 0. The summed E-state index contributed by atoms with van der Waals surface area (Å²) in [6.45, 7) is 2.44. The van der Waals surface area contributed by atoms with E-state index in [-0.39, 0.29) is 18.2 Å².